The number of carbonyl (C=O) groups is 2. The molecule has 0 aromatic heterocycles. The minimum atomic E-state index is -0.528. The van der Waals surface area contributed by atoms with Gasteiger partial charge in [-0.3, -0.25) is 9.59 Å². The molecule has 1 N–H and O–H groups in total. The Labute approximate surface area is 171 Å². The lowest BCUT2D eigenvalue weighted by Crippen LogP contribution is -2.47. The molecule has 0 radical (unpaired) electrons. The fraction of sp³-hybridized carbons (Fsp3) is 0.364. The number of amides is 2. The number of likely N-dealkylation sites (N-methyl/N-ethyl adjacent to an activating group) is 1. The third kappa shape index (κ3) is 6.30. The highest BCUT2D eigenvalue weighted by Gasteiger charge is 2.25. The maximum absolute atomic E-state index is 12.9. The van der Waals surface area contributed by atoms with Crippen molar-refractivity contribution in [2.24, 2.45) is 0 Å². The molecule has 0 fully saturated rings. The van der Waals surface area contributed by atoms with Crippen molar-refractivity contribution in [3.8, 4) is 5.75 Å². The van der Waals surface area contributed by atoms with Crippen molar-refractivity contribution >= 4 is 23.6 Å². The number of ether oxygens (including phenoxy) is 1. The predicted octanol–water partition coefficient (Wildman–Crippen LogP) is 3.40. The van der Waals surface area contributed by atoms with Gasteiger partial charge < -0.3 is 15.0 Å². The molecule has 6 heteroatoms. The zero-order valence-corrected chi connectivity index (χ0v) is 17.7. The number of benzene rings is 2. The fourth-order valence-corrected chi connectivity index (χ4v) is 3.73. The Morgan fingerprint density at radius 1 is 1.14 bits per heavy atom. The van der Waals surface area contributed by atoms with Crippen LogP contribution in [0.25, 0.3) is 0 Å². The van der Waals surface area contributed by atoms with Crippen molar-refractivity contribution in [3.05, 3.63) is 65.2 Å². The molecule has 2 aromatic rings. The van der Waals surface area contributed by atoms with Crippen LogP contribution in [-0.2, 0) is 21.9 Å². The number of methoxy groups -OCH3 is 1. The molecule has 0 aliphatic carbocycles. The second kappa shape index (κ2) is 10.8. The highest BCUT2D eigenvalue weighted by Crippen LogP contribution is 2.18. The first-order valence-electron chi connectivity index (χ1n) is 9.22. The van der Waals surface area contributed by atoms with Gasteiger partial charge in [0.1, 0.15) is 11.8 Å². The van der Waals surface area contributed by atoms with Crippen molar-refractivity contribution < 1.29 is 14.3 Å². The van der Waals surface area contributed by atoms with Gasteiger partial charge in [0, 0.05) is 19.3 Å². The van der Waals surface area contributed by atoms with Gasteiger partial charge in [-0.05, 0) is 37.1 Å². The van der Waals surface area contributed by atoms with E-state index < -0.39 is 6.04 Å². The lowest BCUT2D eigenvalue weighted by Gasteiger charge is -2.28. The molecule has 2 rings (SSSR count). The van der Waals surface area contributed by atoms with Gasteiger partial charge in [0.25, 0.3) is 0 Å². The van der Waals surface area contributed by atoms with E-state index in [9.17, 15) is 9.59 Å². The van der Waals surface area contributed by atoms with Crippen LogP contribution in [-0.4, -0.2) is 42.7 Å². The first-order chi connectivity index (χ1) is 13.4. The van der Waals surface area contributed by atoms with E-state index in [1.807, 2.05) is 55.5 Å². The summed E-state index contributed by atoms with van der Waals surface area (Å²) in [7, 11) is 3.23. The van der Waals surface area contributed by atoms with Crippen LogP contribution in [0.2, 0.25) is 0 Å². The maximum atomic E-state index is 12.9. The van der Waals surface area contributed by atoms with Crippen LogP contribution < -0.4 is 10.1 Å². The van der Waals surface area contributed by atoms with E-state index in [0.29, 0.717) is 12.3 Å². The summed E-state index contributed by atoms with van der Waals surface area (Å²) in [4.78, 5) is 26.7. The van der Waals surface area contributed by atoms with Crippen LogP contribution in [0, 0.1) is 6.92 Å². The monoisotopic (exact) mass is 400 g/mol. The van der Waals surface area contributed by atoms with E-state index in [1.54, 1.807) is 37.7 Å². The van der Waals surface area contributed by atoms with Crippen LogP contribution in [0.15, 0.2) is 48.5 Å². The predicted molar refractivity (Wildman–Crippen MR) is 114 cm³/mol. The molecule has 0 spiro atoms. The van der Waals surface area contributed by atoms with Gasteiger partial charge in [-0.1, -0.05) is 42.0 Å². The second-order valence-electron chi connectivity index (χ2n) is 6.64. The Hall–Kier alpha value is -2.47. The SMILES string of the molecule is CNC(=O)[C@@H](C)N(Cc1cccc(C)c1)C(=O)CSCc1ccc(OC)cc1. The molecule has 2 aromatic carbocycles. The highest BCUT2D eigenvalue weighted by molar-refractivity contribution is 7.99. The molecule has 0 heterocycles. The van der Waals surface area contributed by atoms with E-state index in [-0.39, 0.29) is 11.8 Å². The van der Waals surface area contributed by atoms with E-state index in [0.717, 1.165) is 28.2 Å². The summed E-state index contributed by atoms with van der Waals surface area (Å²) in [5, 5.41) is 2.64. The van der Waals surface area contributed by atoms with Crippen LogP contribution in [0.3, 0.4) is 0 Å². The zero-order chi connectivity index (χ0) is 20.5. The Morgan fingerprint density at radius 3 is 2.46 bits per heavy atom. The molecule has 0 saturated carbocycles. The van der Waals surface area contributed by atoms with E-state index >= 15 is 0 Å². The van der Waals surface area contributed by atoms with E-state index in [2.05, 4.69) is 5.32 Å². The molecule has 2 amide bonds. The highest BCUT2D eigenvalue weighted by atomic mass is 32.2. The van der Waals surface area contributed by atoms with Crippen molar-refractivity contribution in [3.63, 3.8) is 0 Å². The Morgan fingerprint density at radius 2 is 1.86 bits per heavy atom. The van der Waals surface area contributed by atoms with Gasteiger partial charge >= 0.3 is 0 Å². The number of hydrogen-bond donors (Lipinski definition) is 1. The standard InChI is InChI=1S/C22H28N2O3S/c1-16-6-5-7-19(12-16)13-24(17(2)22(26)23-3)21(25)15-28-14-18-8-10-20(27-4)11-9-18/h5-12,17H,13-15H2,1-4H3,(H,23,26)/t17-/m1/s1. The summed E-state index contributed by atoms with van der Waals surface area (Å²) in [6.07, 6.45) is 0. The van der Waals surface area contributed by atoms with Gasteiger partial charge in [0.05, 0.1) is 12.9 Å². The molecule has 0 aliphatic rings. The molecule has 0 saturated heterocycles. The summed E-state index contributed by atoms with van der Waals surface area (Å²) < 4.78 is 5.16. The van der Waals surface area contributed by atoms with E-state index in [4.69, 9.17) is 4.74 Å². The van der Waals surface area contributed by atoms with Gasteiger partial charge in [-0.2, -0.15) is 0 Å². The number of aryl methyl sites for hydroxylation is 1. The zero-order valence-electron chi connectivity index (χ0n) is 16.9. The summed E-state index contributed by atoms with van der Waals surface area (Å²) in [6, 6.07) is 15.3. The van der Waals surface area contributed by atoms with Crippen LogP contribution >= 0.6 is 11.8 Å². The molecule has 0 bridgehead atoms. The Bertz CT molecular complexity index is 793. The van der Waals surface area contributed by atoms with Crippen LogP contribution in [0.5, 0.6) is 5.75 Å². The van der Waals surface area contributed by atoms with Crippen LogP contribution in [0.1, 0.15) is 23.6 Å². The van der Waals surface area contributed by atoms with Crippen molar-refractivity contribution in [1.82, 2.24) is 10.2 Å². The van der Waals surface area contributed by atoms with E-state index in [1.165, 1.54) is 0 Å². The lowest BCUT2D eigenvalue weighted by molar-refractivity contribution is -0.138. The first kappa shape index (κ1) is 21.8. The average Bonchev–Trinajstić information content (AvgIpc) is 2.71. The number of nitrogens with zero attached hydrogens (tertiary/aromatic N) is 1. The third-order valence-corrected chi connectivity index (χ3v) is 5.49. The molecular weight excluding hydrogens is 372 g/mol. The molecule has 0 aliphatic heterocycles. The number of hydrogen-bond acceptors (Lipinski definition) is 4. The van der Waals surface area contributed by atoms with Gasteiger partial charge in [0.2, 0.25) is 11.8 Å². The maximum Gasteiger partial charge on any atom is 0.242 e. The summed E-state index contributed by atoms with van der Waals surface area (Å²) in [6.45, 7) is 4.20. The molecule has 150 valence electrons. The summed E-state index contributed by atoms with van der Waals surface area (Å²) in [5.74, 6) is 1.65. The lowest BCUT2D eigenvalue weighted by atomic mass is 10.1. The molecular formula is C22H28N2O3S. The number of thioether (sulfide) groups is 1. The number of rotatable bonds is 9. The Balaban J connectivity index is 2.01. The van der Waals surface area contributed by atoms with Crippen molar-refractivity contribution in [2.45, 2.75) is 32.2 Å². The molecule has 1 atom stereocenters. The van der Waals surface area contributed by atoms with Crippen molar-refractivity contribution in [1.29, 1.82) is 0 Å². The molecule has 0 unspecified atom stereocenters. The average molecular weight is 401 g/mol. The number of carbonyl (C=O) groups excluding carboxylic acids is 2. The Kier molecular flexibility index (Phi) is 8.39. The first-order valence-corrected chi connectivity index (χ1v) is 10.4. The fourth-order valence-electron chi connectivity index (χ4n) is 2.86. The quantitative estimate of drug-likeness (QED) is 0.701. The van der Waals surface area contributed by atoms with Gasteiger partial charge in [0.15, 0.2) is 0 Å². The normalized spacial score (nSPS) is 11.6. The van der Waals surface area contributed by atoms with Crippen LogP contribution in [0.4, 0.5) is 0 Å². The third-order valence-electron chi connectivity index (χ3n) is 4.50. The summed E-state index contributed by atoms with van der Waals surface area (Å²) >= 11 is 1.54. The molecule has 5 nitrogen and oxygen atoms in total. The largest absolute Gasteiger partial charge is 0.497 e. The molecule has 28 heavy (non-hydrogen) atoms. The topological polar surface area (TPSA) is 58.6 Å². The number of nitrogens with one attached hydrogen (secondary N) is 1. The smallest absolute Gasteiger partial charge is 0.242 e. The van der Waals surface area contributed by atoms with Crippen molar-refractivity contribution in [2.75, 3.05) is 19.9 Å². The summed E-state index contributed by atoms with van der Waals surface area (Å²) in [5.41, 5.74) is 3.28. The van der Waals surface area contributed by atoms with Gasteiger partial charge in [-0.25, -0.2) is 0 Å². The second-order valence-corrected chi connectivity index (χ2v) is 7.63. The minimum absolute atomic E-state index is 0.0453. The minimum Gasteiger partial charge on any atom is -0.497 e. The van der Waals surface area contributed by atoms with Gasteiger partial charge in [-0.15, -0.1) is 11.8 Å².